The molecule has 5 aromatic rings. The maximum atomic E-state index is 13.1. The Labute approximate surface area is 244 Å². The number of oxime groups is 1. The van der Waals surface area contributed by atoms with Crippen molar-refractivity contribution in [3.8, 4) is 22.5 Å². The zero-order valence-electron chi connectivity index (χ0n) is 22.1. The highest BCUT2D eigenvalue weighted by molar-refractivity contribution is 6.34. The Balaban J connectivity index is 1.29. The Morgan fingerprint density at radius 1 is 0.780 bits per heavy atom. The molecule has 9 nitrogen and oxygen atoms in total. The summed E-state index contributed by atoms with van der Waals surface area (Å²) >= 11 is 12.6. The van der Waals surface area contributed by atoms with Gasteiger partial charge in [-0.3, -0.25) is 4.79 Å². The Bertz CT molecular complexity index is 1790. The maximum absolute atomic E-state index is 13.1. The van der Waals surface area contributed by atoms with E-state index in [2.05, 4.69) is 20.8 Å². The number of nitrogens with one attached hydrogen (secondary N) is 1. The first kappa shape index (κ1) is 27.8. The number of halogens is 2. The molecular formula is C30H22Cl2N4O5. The fourth-order valence-electron chi connectivity index (χ4n) is 4.12. The molecule has 5 rings (SSSR count). The van der Waals surface area contributed by atoms with Crippen LogP contribution in [-0.2, 0) is 4.84 Å². The zero-order valence-corrected chi connectivity index (χ0v) is 23.6. The molecule has 206 valence electrons. The minimum atomic E-state index is -0.736. The van der Waals surface area contributed by atoms with Gasteiger partial charge in [-0.05, 0) is 50.6 Å². The normalized spacial score (nSPS) is 11.4. The quantitative estimate of drug-likeness (QED) is 0.117. The molecule has 0 radical (unpaired) electrons. The fraction of sp³-hybridized carbons (Fsp3) is 0.100. The Hall–Kier alpha value is -4.73. The number of carbonyl (C=O) groups is 2. The number of aryl methyl sites for hydroxylation is 2. The van der Waals surface area contributed by atoms with Crippen LogP contribution < -0.4 is 5.32 Å². The summed E-state index contributed by atoms with van der Waals surface area (Å²) in [5.41, 5.74) is 3.80. The van der Waals surface area contributed by atoms with Crippen molar-refractivity contribution in [2.75, 3.05) is 5.32 Å². The molecule has 0 bridgehead atoms. The Morgan fingerprint density at radius 3 is 1.85 bits per heavy atom. The first-order valence-corrected chi connectivity index (χ1v) is 13.1. The van der Waals surface area contributed by atoms with Gasteiger partial charge in [0, 0.05) is 16.8 Å². The van der Waals surface area contributed by atoms with Crippen LogP contribution in [0.3, 0.4) is 0 Å². The van der Waals surface area contributed by atoms with Crippen molar-refractivity contribution in [1.82, 2.24) is 10.3 Å². The van der Waals surface area contributed by atoms with E-state index in [1.165, 1.54) is 0 Å². The third-order valence-corrected chi connectivity index (χ3v) is 6.90. The third-order valence-electron chi connectivity index (χ3n) is 6.24. The minimum Gasteiger partial charge on any atom is -0.360 e. The lowest BCUT2D eigenvalue weighted by atomic mass is 10.1. The number of carbonyl (C=O) groups excluding carboxylic acids is 2. The molecule has 2 aromatic heterocycles. The molecule has 1 amide bonds. The second-order valence-electron chi connectivity index (χ2n) is 8.97. The summed E-state index contributed by atoms with van der Waals surface area (Å²) in [4.78, 5) is 31.2. The summed E-state index contributed by atoms with van der Waals surface area (Å²) in [6.07, 6.45) is 0. The molecule has 3 aromatic carbocycles. The monoisotopic (exact) mass is 588 g/mol. The first-order valence-electron chi connectivity index (χ1n) is 12.3. The summed E-state index contributed by atoms with van der Waals surface area (Å²) < 4.78 is 10.5. The number of hydrogen-bond donors (Lipinski definition) is 1. The molecule has 11 heteroatoms. The lowest BCUT2D eigenvalue weighted by molar-refractivity contribution is 0.0515. The number of hydrogen-bond acceptors (Lipinski definition) is 8. The van der Waals surface area contributed by atoms with Crippen LogP contribution in [0, 0.1) is 13.8 Å². The molecule has 0 saturated heterocycles. The molecule has 2 heterocycles. The number of benzene rings is 3. The van der Waals surface area contributed by atoms with E-state index in [1.807, 2.05) is 0 Å². The van der Waals surface area contributed by atoms with Crippen molar-refractivity contribution in [2.24, 2.45) is 5.16 Å². The Morgan fingerprint density at radius 2 is 1.29 bits per heavy atom. The van der Waals surface area contributed by atoms with Crippen molar-refractivity contribution in [1.29, 1.82) is 0 Å². The van der Waals surface area contributed by atoms with E-state index in [0.29, 0.717) is 49.6 Å². The number of anilines is 1. The minimum absolute atomic E-state index is 0.132. The van der Waals surface area contributed by atoms with Crippen LogP contribution in [0.5, 0.6) is 0 Å². The van der Waals surface area contributed by atoms with Crippen LogP contribution in [0.15, 0.2) is 87.0 Å². The zero-order chi connectivity index (χ0) is 29.1. The predicted molar refractivity (Wildman–Crippen MR) is 155 cm³/mol. The fourth-order valence-corrected chi connectivity index (χ4v) is 4.57. The lowest BCUT2D eigenvalue weighted by Crippen LogP contribution is -2.13. The number of rotatable bonds is 7. The largest absolute Gasteiger partial charge is 0.371 e. The molecule has 0 aliphatic rings. The van der Waals surface area contributed by atoms with Crippen LogP contribution in [0.2, 0.25) is 10.0 Å². The van der Waals surface area contributed by atoms with Crippen molar-refractivity contribution in [3.05, 3.63) is 111 Å². The van der Waals surface area contributed by atoms with E-state index in [1.54, 1.807) is 93.6 Å². The molecule has 0 unspecified atom stereocenters. The molecule has 41 heavy (non-hydrogen) atoms. The van der Waals surface area contributed by atoms with Gasteiger partial charge in [0.15, 0.2) is 0 Å². The molecule has 0 saturated carbocycles. The standard InChI is InChI=1S/C30H22Cl2N4O5/c1-16(34-41-30(38)26-18(3)40-36-28(26)22-9-5-7-11-24(22)32)19-12-14-20(15-13-19)33-29(37)25-17(2)39-35-27(25)21-8-4-6-10-23(21)31/h4-15H,1-3H3,(H,33,37)/b34-16-. The smallest absolute Gasteiger partial charge is 0.360 e. The van der Waals surface area contributed by atoms with Gasteiger partial charge in [-0.1, -0.05) is 87.2 Å². The van der Waals surface area contributed by atoms with Crippen LogP contribution in [0.1, 0.15) is 44.7 Å². The van der Waals surface area contributed by atoms with Gasteiger partial charge in [-0.2, -0.15) is 0 Å². The van der Waals surface area contributed by atoms with E-state index in [0.717, 1.165) is 0 Å². The molecule has 0 aliphatic heterocycles. The summed E-state index contributed by atoms with van der Waals surface area (Å²) in [6, 6.07) is 20.9. The van der Waals surface area contributed by atoms with Gasteiger partial charge < -0.3 is 19.2 Å². The average Bonchev–Trinajstić information content (AvgIpc) is 3.54. The van der Waals surface area contributed by atoms with E-state index in [9.17, 15) is 9.59 Å². The third kappa shape index (κ3) is 5.77. The van der Waals surface area contributed by atoms with Gasteiger partial charge in [0.05, 0.1) is 15.8 Å². The SMILES string of the molecule is C/C(=N/OC(=O)c1c(-c2ccccc2Cl)noc1C)c1ccc(NC(=O)c2c(-c3ccccc3Cl)noc2C)cc1. The number of amides is 1. The predicted octanol–water partition coefficient (Wildman–Crippen LogP) is 7.75. The topological polar surface area (TPSA) is 120 Å². The van der Waals surface area contributed by atoms with Gasteiger partial charge in [0.1, 0.15) is 34.0 Å². The van der Waals surface area contributed by atoms with Crippen molar-refractivity contribution in [3.63, 3.8) is 0 Å². The second kappa shape index (κ2) is 11.8. The first-order chi connectivity index (χ1) is 19.7. The number of aromatic nitrogens is 2. The van der Waals surface area contributed by atoms with Crippen LogP contribution >= 0.6 is 23.2 Å². The second-order valence-corrected chi connectivity index (χ2v) is 9.79. The molecule has 0 fully saturated rings. The van der Waals surface area contributed by atoms with Crippen molar-refractivity contribution in [2.45, 2.75) is 20.8 Å². The van der Waals surface area contributed by atoms with Crippen molar-refractivity contribution >= 4 is 46.5 Å². The highest BCUT2D eigenvalue weighted by Crippen LogP contribution is 2.32. The highest BCUT2D eigenvalue weighted by Gasteiger charge is 2.25. The molecule has 1 N–H and O–H groups in total. The number of nitrogens with zero attached hydrogens (tertiary/aromatic N) is 3. The lowest BCUT2D eigenvalue weighted by Gasteiger charge is -2.08. The molecule has 0 aliphatic carbocycles. The van der Waals surface area contributed by atoms with Gasteiger partial charge in [-0.25, -0.2) is 4.79 Å². The van der Waals surface area contributed by atoms with E-state index >= 15 is 0 Å². The van der Waals surface area contributed by atoms with Crippen LogP contribution in [-0.4, -0.2) is 27.9 Å². The Kier molecular flexibility index (Phi) is 8.00. The van der Waals surface area contributed by atoms with Gasteiger partial charge >= 0.3 is 5.97 Å². The van der Waals surface area contributed by atoms with Crippen LogP contribution in [0.25, 0.3) is 22.5 Å². The average molecular weight is 589 g/mol. The summed E-state index contributed by atoms with van der Waals surface area (Å²) in [5, 5.41) is 15.7. The van der Waals surface area contributed by atoms with E-state index in [-0.39, 0.29) is 22.6 Å². The molecular weight excluding hydrogens is 567 g/mol. The van der Waals surface area contributed by atoms with E-state index < -0.39 is 11.9 Å². The summed E-state index contributed by atoms with van der Waals surface area (Å²) in [6.45, 7) is 4.95. The van der Waals surface area contributed by atoms with Crippen LogP contribution in [0.4, 0.5) is 5.69 Å². The van der Waals surface area contributed by atoms with Gasteiger partial charge in [0.25, 0.3) is 5.91 Å². The summed E-state index contributed by atoms with van der Waals surface area (Å²) in [7, 11) is 0. The van der Waals surface area contributed by atoms with Gasteiger partial charge in [-0.15, -0.1) is 0 Å². The van der Waals surface area contributed by atoms with Gasteiger partial charge in [0.2, 0.25) is 0 Å². The van der Waals surface area contributed by atoms with E-state index in [4.69, 9.17) is 37.1 Å². The highest BCUT2D eigenvalue weighted by atomic mass is 35.5. The van der Waals surface area contributed by atoms with Crippen molar-refractivity contribution < 1.29 is 23.5 Å². The molecule has 0 spiro atoms. The maximum Gasteiger partial charge on any atom is 0.371 e. The summed E-state index contributed by atoms with van der Waals surface area (Å²) in [5.74, 6) is -0.498. The molecule has 0 atom stereocenters.